The molecular formula is C9H13N5O5S. The highest BCUT2D eigenvalue weighted by atomic mass is 32.2. The van der Waals surface area contributed by atoms with Gasteiger partial charge in [-0.25, -0.2) is 8.42 Å². The Morgan fingerprint density at radius 3 is 2.75 bits per heavy atom. The zero-order valence-corrected chi connectivity index (χ0v) is 11.1. The Morgan fingerprint density at radius 1 is 1.50 bits per heavy atom. The highest BCUT2D eigenvalue weighted by molar-refractivity contribution is 7.91. The first-order valence-electron chi connectivity index (χ1n) is 5.69. The van der Waals surface area contributed by atoms with Crippen molar-refractivity contribution in [2.24, 2.45) is 0 Å². The molecule has 1 saturated heterocycles. The lowest BCUT2D eigenvalue weighted by molar-refractivity contribution is -0.138. The van der Waals surface area contributed by atoms with Crippen molar-refractivity contribution in [2.45, 2.75) is 12.5 Å². The average molecular weight is 303 g/mol. The topological polar surface area (TPSA) is 159 Å². The molecule has 110 valence electrons. The number of nitrogens with zero attached hydrogens (tertiary/aromatic N) is 3. The van der Waals surface area contributed by atoms with Gasteiger partial charge in [0.25, 0.3) is 5.91 Å². The molecule has 1 unspecified atom stereocenters. The monoisotopic (exact) mass is 303 g/mol. The van der Waals surface area contributed by atoms with E-state index in [0.717, 1.165) is 0 Å². The number of nitrogens with two attached hydrogens (primary N) is 1. The second kappa shape index (κ2) is 5.07. The van der Waals surface area contributed by atoms with Gasteiger partial charge in [0.1, 0.15) is 0 Å². The minimum Gasteiger partial charge on any atom is -0.481 e. The second-order valence-electron chi connectivity index (χ2n) is 4.41. The Balaban J connectivity index is 2.23. The first-order valence-corrected chi connectivity index (χ1v) is 7.52. The van der Waals surface area contributed by atoms with Gasteiger partial charge in [0.05, 0.1) is 24.0 Å². The third kappa shape index (κ3) is 3.04. The fourth-order valence-electron chi connectivity index (χ4n) is 2.03. The summed E-state index contributed by atoms with van der Waals surface area (Å²) in [6, 6.07) is -0.926. The van der Waals surface area contributed by atoms with Crippen LogP contribution in [0.25, 0.3) is 0 Å². The van der Waals surface area contributed by atoms with Crippen LogP contribution in [0, 0.1) is 0 Å². The molecule has 1 fully saturated rings. The lowest BCUT2D eigenvalue weighted by atomic mass is 10.2. The zero-order chi connectivity index (χ0) is 14.9. The molecule has 4 N–H and O–H groups in total. The van der Waals surface area contributed by atoms with Crippen LogP contribution in [0.15, 0.2) is 0 Å². The summed E-state index contributed by atoms with van der Waals surface area (Å²) >= 11 is 0. The van der Waals surface area contributed by atoms with Crippen LogP contribution in [0.1, 0.15) is 17.0 Å². The van der Waals surface area contributed by atoms with Crippen molar-refractivity contribution in [3.05, 3.63) is 5.82 Å². The van der Waals surface area contributed by atoms with Gasteiger partial charge in [-0.05, 0) is 0 Å². The predicted octanol–water partition coefficient (Wildman–Crippen LogP) is -1.90. The summed E-state index contributed by atoms with van der Waals surface area (Å²) in [7, 11) is -3.35. The summed E-state index contributed by atoms with van der Waals surface area (Å²) in [5.41, 5.74) is 5.29. The van der Waals surface area contributed by atoms with Crippen molar-refractivity contribution >= 4 is 27.7 Å². The van der Waals surface area contributed by atoms with Gasteiger partial charge >= 0.3 is 5.97 Å². The Bertz CT molecular complexity index is 639. The van der Waals surface area contributed by atoms with E-state index in [-0.39, 0.29) is 29.8 Å². The molecule has 1 atom stereocenters. The number of aliphatic carboxylic acids is 1. The number of aromatic amines is 1. The third-order valence-corrected chi connectivity index (χ3v) is 4.60. The van der Waals surface area contributed by atoms with E-state index in [2.05, 4.69) is 15.2 Å². The molecule has 0 aromatic carbocycles. The number of carbonyl (C=O) groups is 2. The van der Waals surface area contributed by atoms with Crippen LogP contribution in [-0.4, -0.2) is 69.6 Å². The summed E-state index contributed by atoms with van der Waals surface area (Å²) < 4.78 is 23.1. The molecule has 2 heterocycles. The van der Waals surface area contributed by atoms with Gasteiger partial charge in [-0.3, -0.25) is 14.7 Å². The number of anilines is 1. The number of amides is 1. The fraction of sp³-hybridized carbons (Fsp3) is 0.556. The van der Waals surface area contributed by atoms with E-state index in [1.165, 1.54) is 4.90 Å². The maximum atomic E-state index is 12.2. The van der Waals surface area contributed by atoms with Gasteiger partial charge in [-0.15, -0.1) is 5.10 Å². The summed E-state index contributed by atoms with van der Waals surface area (Å²) in [4.78, 5) is 27.8. The second-order valence-corrected chi connectivity index (χ2v) is 6.64. The summed E-state index contributed by atoms with van der Waals surface area (Å²) in [6.07, 6.45) is -0.450. The van der Waals surface area contributed by atoms with E-state index >= 15 is 0 Å². The highest BCUT2D eigenvalue weighted by Crippen LogP contribution is 2.17. The van der Waals surface area contributed by atoms with Crippen molar-refractivity contribution in [3.8, 4) is 0 Å². The number of nitrogen functional groups attached to an aromatic ring is 1. The number of carboxylic acids is 1. The maximum Gasteiger partial charge on any atom is 0.305 e. The van der Waals surface area contributed by atoms with E-state index < -0.39 is 34.2 Å². The van der Waals surface area contributed by atoms with Crippen LogP contribution in [0.5, 0.6) is 0 Å². The van der Waals surface area contributed by atoms with E-state index in [4.69, 9.17) is 10.8 Å². The number of nitrogens with one attached hydrogen (secondary N) is 1. The number of aromatic nitrogens is 3. The molecule has 10 nitrogen and oxygen atoms in total. The normalized spacial score (nSPS) is 21.6. The van der Waals surface area contributed by atoms with Crippen LogP contribution < -0.4 is 5.73 Å². The van der Waals surface area contributed by atoms with Gasteiger partial charge in [-0.2, -0.15) is 4.98 Å². The van der Waals surface area contributed by atoms with Crippen LogP contribution in [0.4, 0.5) is 5.95 Å². The summed E-state index contributed by atoms with van der Waals surface area (Å²) in [6.45, 7) is -0.0836. The van der Waals surface area contributed by atoms with Crippen molar-refractivity contribution in [1.29, 1.82) is 0 Å². The molecule has 0 saturated carbocycles. The predicted molar refractivity (Wildman–Crippen MR) is 66.5 cm³/mol. The number of H-pyrrole nitrogens is 1. The van der Waals surface area contributed by atoms with E-state index in [0.29, 0.717) is 0 Å². The average Bonchev–Trinajstić information content (AvgIpc) is 2.73. The lowest BCUT2D eigenvalue weighted by Crippen LogP contribution is -2.52. The quantitative estimate of drug-likeness (QED) is 0.583. The molecule has 2 rings (SSSR count). The van der Waals surface area contributed by atoms with Crippen LogP contribution in [-0.2, 0) is 14.6 Å². The van der Waals surface area contributed by atoms with Crippen molar-refractivity contribution in [2.75, 3.05) is 23.8 Å². The zero-order valence-electron chi connectivity index (χ0n) is 10.3. The number of hydrogen-bond donors (Lipinski definition) is 3. The molecule has 1 aromatic heterocycles. The van der Waals surface area contributed by atoms with Gasteiger partial charge < -0.3 is 15.7 Å². The fourth-order valence-corrected chi connectivity index (χ4v) is 3.56. The van der Waals surface area contributed by atoms with Crippen molar-refractivity contribution in [1.82, 2.24) is 20.1 Å². The highest BCUT2D eigenvalue weighted by Gasteiger charge is 2.36. The number of carbonyl (C=O) groups excluding carboxylic acids is 1. The molecule has 20 heavy (non-hydrogen) atoms. The minimum atomic E-state index is -3.35. The number of carboxylic acid groups (broad SMARTS) is 1. The smallest absolute Gasteiger partial charge is 0.305 e. The number of rotatable bonds is 3. The molecule has 0 radical (unpaired) electrons. The van der Waals surface area contributed by atoms with Crippen molar-refractivity contribution < 1.29 is 23.1 Å². The largest absolute Gasteiger partial charge is 0.481 e. The Kier molecular flexibility index (Phi) is 3.61. The SMILES string of the molecule is Nc1n[nH]c(C(=O)N2CCS(=O)(=O)CC2CC(=O)O)n1. The maximum absolute atomic E-state index is 12.2. The van der Waals surface area contributed by atoms with Gasteiger partial charge in [0.2, 0.25) is 11.8 Å². The molecular weight excluding hydrogens is 290 g/mol. The van der Waals surface area contributed by atoms with E-state index in [1.807, 2.05) is 0 Å². The summed E-state index contributed by atoms with van der Waals surface area (Å²) in [5, 5.41) is 14.7. The van der Waals surface area contributed by atoms with Gasteiger partial charge in [0.15, 0.2) is 9.84 Å². The molecule has 0 spiro atoms. The molecule has 0 aliphatic carbocycles. The summed E-state index contributed by atoms with van der Waals surface area (Å²) in [5.74, 6) is -2.64. The Labute approximate surface area is 113 Å². The third-order valence-electron chi connectivity index (χ3n) is 2.91. The Morgan fingerprint density at radius 2 is 2.20 bits per heavy atom. The Hall–Kier alpha value is -2.17. The minimum absolute atomic E-state index is 0.0836. The molecule has 1 aliphatic rings. The van der Waals surface area contributed by atoms with E-state index in [9.17, 15) is 18.0 Å². The number of hydrogen-bond acceptors (Lipinski definition) is 7. The van der Waals surface area contributed by atoms with Crippen LogP contribution in [0.2, 0.25) is 0 Å². The van der Waals surface area contributed by atoms with Crippen LogP contribution >= 0.6 is 0 Å². The first-order chi connectivity index (χ1) is 9.28. The van der Waals surface area contributed by atoms with Gasteiger partial charge in [0, 0.05) is 6.54 Å². The lowest BCUT2D eigenvalue weighted by Gasteiger charge is -2.33. The molecule has 1 aromatic rings. The van der Waals surface area contributed by atoms with Crippen LogP contribution in [0.3, 0.4) is 0 Å². The standard InChI is InChI=1S/C9H13N5O5S/c10-9-11-7(12-13-9)8(17)14-1-2-20(18,19)4-5(14)3-6(15)16/h5H,1-4H2,(H,15,16)(H3,10,11,12,13). The van der Waals surface area contributed by atoms with Gasteiger partial charge in [-0.1, -0.05) is 0 Å². The molecule has 1 amide bonds. The van der Waals surface area contributed by atoms with E-state index in [1.54, 1.807) is 0 Å². The van der Waals surface area contributed by atoms with Crippen molar-refractivity contribution in [3.63, 3.8) is 0 Å². The molecule has 1 aliphatic heterocycles. The first kappa shape index (κ1) is 14.2. The molecule has 11 heteroatoms. The number of sulfone groups is 1. The molecule has 0 bridgehead atoms.